The van der Waals surface area contributed by atoms with Gasteiger partial charge in [-0.05, 0) is 19.9 Å². The summed E-state index contributed by atoms with van der Waals surface area (Å²) in [5.41, 5.74) is -0.184. The molecule has 10 heteroatoms. The molecule has 2 aromatic rings. The van der Waals surface area contributed by atoms with E-state index in [1.54, 1.807) is 13.8 Å². The highest BCUT2D eigenvalue weighted by atomic mass is 16.5. The van der Waals surface area contributed by atoms with Gasteiger partial charge in [-0.2, -0.15) is 0 Å². The maximum atomic E-state index is 12.4. The molecule has 0 bridgehead atoms. The second-order valence-corrected chi connectivity index (χ2v) is 5.32. The lowest BCUT2D eigenvalue weighted by atomic mass is 10.1. The highest BCUT2D eigenvalue weighted by Gasteiger charge is 2.24. The zero-order valence-corrected chi connectivity index (χ0v) is 14.7. The third-order valence-corrected chi connectivity index (χ3v) is 3.67. The third kappa shape index (κ3) is 3.50. The third-order valence-electron chi connectivity index (χ3n) is 3.67. The van der Waals surface area contributed by atoms with E-state index in [9.17, 15) is 14.4 Å². The first-order chi connectivity index (χ1) is 13.1. The van der Waals surface area contributed by atoms with Crippen molar-refractivity contribution < 1.29 is 19.1 Å². The van der Waals surface area contributed by atoms with Crippen LogP contribution < -0.4 is 16.1 Å². The van der Waals surface area contributed by atoms with E-state index in [0.29, 0.717) is 11.2 Å². The Morgan fingerprint density at radius 1 is 1.07 bits per heavy atom. The summed E-state index contributed by atoms with van der Waals surface area (Å²) in [4.78, 5) is 47.7. The van der Waals surface area contributed by atoms with Gasteiger partial charge in [-0.1, -0.05) is 0 Å². The van der Waals surface area contributed by atoms with Gasteiger partial charge in [0.05, 0.1) is 35.3 Å². The van der Waals surface area contributed by atoms with Gasteiger partial charge in [0.2, 0.25) is 0 Å². The van der Waals surface area contributed by atoms with Crippen LogP contribution in [0.25, 0.3) is 11.9 Å². The Balaban J connectivity index is 2.23. The highest BCUT2D eigenvalue weighted by Crippen LogP contribution is 2.17. The number of rotatable bonds is 5. The molecule has 0 saturated heterocycles. The average molecular weight is 371 g/mol. The van der Waals surface area contributed by atoms with Crippen molar-refractivity contribution >= 4 is 36.3 Å². The average Bonchev–Trinajstić information content (AvgIpc) is 3.37. The van der Waals surface area contributed by atoms with Gasteiger partial charge in [0, 0.05) is 18.6 Å². The standard InChI is InChI=1S/C17H17N5O5/c1-3-26-16(24)10-8-20-11(12(10)17(25)27-4-2)7-9-13(21-22-15(9)23)14-18-5-6-19-14/h5-8,20-21H,3-4H2,1-2H3,(H,22,23). The van der Waals surface area contributed by atoms with Crippen LogP contribution in [-0.4, -0.2) is 52.8 Å². The molecule has 140 valence electrons. The number of nitrogens with one attached hydrogen (secondary N) is 3. The monoisotopic (exact) mass is 371 g/mol. The number of ether oxygens (including phenoxy) is 2. The van der Waals surface area contributed by atoms with Crippen LogP contribution in [0.15, 0.2) is 21.0 Å². The molecule has 0 spiro atoms. The highest BCUT2D eigenvalue weighted by molar-refractivity contribution is 6.20. The van der Waals surface area contributed by atoms with Gasteiger partial charge >= 0.3 is 11.9 Å². The van der Waals surface area contributed by atoms with E-state index >= 15 is 0 Å². The van der Waals surface area contributed by atoms with Gasteiger partial charge < -0.3 is 14.5 Å². The summed E-state index contributed by atoms with van der Waals surface area (Å²) in [7, 11) is 0. The maximum Gasteiger partial charge on any atom is 0.341 e. The molecule has 0 aliphatic carbocycles. The molecule has 0 fully saturated rings. The predicted octanol–water partition coefficient (Wildman–Crippen LogP) is -0.566. The number of hydrogen-bond donors (Lipinski definition) is 3. The van der Waals surface area contributed by atoms with Crippen LogP contribution in [0.3, 0.4) is 0 Å². The van der Waals surface area contributed by atoms with E-state index in [2.05, 4.69) is 25.2 Å². The van der Waals surface area contributed by atoms with E-state index in [0.717, 1.165) is 0 Å². The number of aliphatic imine (C=N–C) groups is 2. The van der Waals surface area contributed by atoms with Gasteiger partial charge in [0.25, 0.3) is 5.56 Å². The number of aromatic amines is 3. The van der Waals surface area contributed by atoms with E-state index < -0.39 is 17.5 Å². The molecule has 0 unspecified atom stereocenters. The normalized spacial score (nSPS) is 13.4. The number of esters is 2. The molecule has 3 heterocycles. The topological polar surface area (TPSA) is 142 Å². The molecule has 1 aliphatic heterocycles. The zero-order valence-electron chi connectivity index (χ0n) is 14.7. The van der Waals surface area contributed by atoms with Crippen LogP contribution in [0.1, 0.15) is 40.3 Å². The number of nitrogens with zero attached hydrogens (tertiary/aromatic N) is 2. The molecule has 3 rings (SSSR count). The predicted molar refractivity (Wildman–Crippen MR) is 97.3 cm³/mol. The molecule has 0 atom stereocenters. The molecule has 0 radical (unpaired) electrons. The lowest BCUT2D eigenvalue weighted by Crippen LogP contribution is -2.34. The Hall–Kier alpha value is -3.69. The Labute approximate surface area is 152 Å². The molecule has 0 saturated carbocycles. The molecule has 1 aliphatic rings. The summed E-state index contributed by atoms with van der Waals surface area (Å²) in [5, 5.41) is 5.71. The first-order valence-electron chi connectivity index (χ1n) is 8.21. The number of H-pyrrole nitrogens is 3. The summed E-state index contributed by atoms with van der Waals surface area (Å²) < 4.78 is 10.0. The second-order valence-electron chi connectivity index (χ2n) is 5.32. The second kappa shape index (κ2) is 7.68. The Morgan fingerprint density at radius 3 is 2.41 bits per heavy atom. The van der Waals surface area contributed by atoms with Crippen LogP contribution in [-0.2, 0) is 9.47 Å². The lowest BCUT2D eigenvalue weighted by Gasteiger charge is -2.05. The summed E-state index contributed by atoms with van der Waals surface area (Å²) in [6.07, 6.45) is 5.75. The quantitative estimate of drug-likeness (QED) is 0.604. The smallest absolute Gasteiger partial charge is 0.341 e. The molecule has 2 aromatic heterocycles. The number of carbonyl (C=O) groups excluding carboxylic acids is 2. The van der Waals surface area contributed by atoms with E-state index in [4.69, 9.17) is 9.47 Å². The summed E-state index contributed by atoms with van der Waals surface area (Å²) in [6.45, 7) is 3.59. The van der Waals surface area contributed by atoms with Gasteiger partial charge in [0.1, 0.15) is 5.35 Å². The summed E-state index contributed by atoms with van der Waals surface area (Å²) in [6, 6.07) is 0. The molecule has 27 heavy (non-hydrogen) atoms. The van der Waals surface area contributed by atoms with Gasteiger partial charge in [-0.25, -0.2) is 19.6 Å². The van der Waals surface area contributed by atoms with Crippen LogP contribution in [0.4, 0.5) is 0 Å². The van der Waals surface area contributed by atoms with Gasteiger partial charge in [0.15, 0.2) is 5.82 Å². The lowest BCUT2D eigenvalue weighted by molar-refractivity contribution is 0.0480. The fraction of sp³-hybridized carbons (Fsp3) is 0.235. The van der Waals surface area contributed by atoms with Crippen LogP contribution in [0.2, 0.25) is 0 Å². The van der Waals surface area contributed by atoms with Crippen molar-refractivity contribution in [2.24, 2.45) is 9.98 Å². The van der Waals surface area contributed by atoms with E-state index in [1.807, 2.05) is 0 Å². The molecule has 10 nitrogen and oxygen atoms in total. The van der Waals surface area contributed by atoms with Crippen molar-refractivity contribution in [3.63, 3.8) is 0 Å². The van der Waals surface area contributed by atoms with Crippen LogP contribution in [0, 0.1) is 0 Å². The molecular weight excluding hydrogens is 354 g/mol. The van der Waals surface area contributed by atoms with Crippen molar-refractivity contribution in [2.75, 3.05) is 13.2 Å². The Kier molecular flexibility index (Phi) is 5.15. The largest absolute Gasteiger partial charge is 0.462 e. The molecule has 0 aromatic carbocycles. The minimum atomic E-state index is -0.703. The van der Waals surface area contributed by atoms with Gasteiger partial charge in [-0.3, -0.25) is 15.0 Å². The Morgan fingerprint density at radius 2 is 1.74 bits per heavy atom. The number of aromatic nitrogens is 3. The van der Waals surface area contributed by atoms with E-state index in [1.165, 1.54) is 24.7 Å². The fourth-order valence-electron chi connectivity index (χ4n) is 2.54. The van der Waals surface area contributed by atoms with Crippen molar-refractivity contribution in [3.05, 3.63) is 43.9 Å². The summed E-state index contributed by atoms with van der Waals surface area (Å²) >= 11 is 0. The van der Waals surface area contributed by atoms with Crippen LogP contribution in [0.5, 0.6) is 0 Å². The van der Waals surface area contributed by atoms with E-state index in [-0.39, 0.29) is 35.3 Å². The zero-order chi connectivity index (χ0) is 19.4. The van der Waals surface area contributed by atoms with Gasteiger partial charge in [-0.15, -0.1) is 0 Å². The SMILES string of the molecule is CCOC(=O)c1c[nH]c(C=c2c(=O)[nH][nH]c2=C2N=CC=N2)c1C(=O)OCC. The Bertz CT molecular complexity index is 1100. The molecule has 3 N–H and O–H groups in total. The minimum absolute atomic E-state index is 0.00901. The van der Waals surface area contributed by atoms with Crippen molar-refractivity contribution in [3.8, 4) is 0 Å². The first kappa shape index (κ1) is 18.1. The maximum absolute atomic E-state index is 12.4. The summed E-state index contributed by atoms with van der Waals surface area (Å²) in [5.74, 6) is -1.06. The molecule has 0 amide bonds. The first-order valence-corrected chi connectivity index (χ1v) is 8.21. The fourth-order valence-corrected chi connectivity index (χ4v) is 2.54. The van der Waals surface area contributed by atoms with Crippen molar-refractivity contribution in [1.29, 1.82) is 0 Å². The number of carbonyl (C=O) groups is 2. The minimum Gasteiger partial charge on any atom is -0.462 e. The van der Waals surface area contributed by atoms with Crippen molar-refractivity contribution in [1.82, 2.24) is 15.2 Å². The van der Waals surface area contributed by atoms with Crippen molar-refractivity contribution in [2.45, 2.75) is 13.8 Å². The van der Waals surface area contributed by atoms with Crippen LogP contribution >= 0.6 is 0 Å². The number of hydrogen-bond acceptors (Lipinski definition) is 7. The molecular formula is C17H17N5O5.